The van der Waals surface area contributed by atoms with Crippen LogP contribution in [0.2, 0.25) is 5.02 Å². The van der Waals surface area contributed by atoms with Gasteiger partial charge in [-0.1, -0.05) is 11.6 Å². The van der Waals surface area contributed by atoms with Crippen LogP contribution in [0.5, 0.6) is 0 Å². The number of halogens is 1. The number of carbonyl (C=O) groups is 1. The monoisotopic (exact) mass is 376 g/mol. The lowest BCUT2D eigenvalue weighted by Gasteiger charge is -2.33. The van der Waals surface area contributed by atoms with Gasteiger partial charge in [0.05, 0.1) is 29.8 Å². The van der Waals surface area contributed by atoms with Crippen LogP contribution in [0.3, 0.4) is 0 Å². The molecular weight excluding hydrogens is 356 g/mol. The van der Waals surface area contributed by atoms with Crippen LogP contribution in [0.15, 0.2) is 24.9 Å². The molecule has 26 heavy (non-hydrogen) atoms. The standard InChI is InChI=1S/C17H21ClN6O2/c18-15-9-13(17(25)23-5-7-26-8-6-23)10-20-16(15)22-3-1-14(2-4-22)24-12-19-11-21-24/h9-12,14H,1-8H2. The molecule has 0 spiro atoms. The normalized spacial score (nSPS) is 19.0. The van der Waals surface area contributed by atoms with Crippen LogP contribution in [0, 0.1) is 0 Å². The van der Waals surface area contributed by atoms with Crippen LogP contribution in [-0.4, -0.2) is 69.9 Å². The fraction of sp³-hybridized carbons (Fsp3) is 0.529. The number of nitrogens with zero attached hydrogens (tertiary/aromatic N) is 6. The molecule has 9 heteroatoms. The SMILES string of the molecule is O=C(c1cnc(N2CCC(n3cncn3)CC2)c(Cl)c1)N1CCOCC1. The predicted molar refractivity (Wildman–Crippen MR) is 96.5 cm³/mol. The molecule has 2 aliphatic heterocycles. The Morgan fingerprint density at radius 1 is 1.19 bits per heavy atom. The minimum absolute atomic E-state index is 0.0425. The molecule has 2 aromatic heterocycles. The first-order valence-corrected chi connectivity index (χ1v) is 9.22. The summed E-state index contributed by atoms with van der Waals surface area (Å²) >= 11 is 6.45. The summed E-state index contributed by atoms with van der Waals surface area (Å²) in [6.45, 7) is 4.04. The van der Waals surface area contributed by atoms with Crippen molar-refractivity contribution in [1.82, 2.24) is 24.6 Å². The van der Waals surface area contributed by atoms with Gasteiger partial charge in [0.1, 0.15) is 18.5 Å². The van der Waals surface area contributed by atoms with Crippen molar-refractivity contribution in [2.45, 2.75) is 18.9 Å². The highest BCUT2D eigenvalue weighted by atomic mass is 35.5. The largest absolute Gasteiger partial charge is 0.378 e. The number of morpholine rings is 1. The molecule has 0 aliphatic carbocycles. The van der Waals surface area contributed by atoms with Gasteiger partial charge in [0.25, 0.3) is 5.91 Å². The summed E-state index contributed by atoms with van der Waals surface area (Å²) in [4.78, 5) is 25.0. The van der Waals surface area contributed by atoms with Gasteiger partial charge in [-0.15, -0.1) is 0 Å². The second kappa shape index (κ2) is 7.59. The van der Waals surface area contributed by atoms with E-state index in [4.69, 9.17) is 16.3 Å². The lowest BCUT2D eigenvalue weighted by atomic mass is 10.1. The Labute approximate surface area is 156 Å². The van der Waals surface area contributed by atoms with Crippen molar-refractivity contribution in [3.63, 3.8) is 0 Å². The number of hydrogen-bond donors (Lipinski definition) is 0. The molecule has 4 rings (SSSR count). The van der Waals surface area contributed by atoms with Gasteiger partial charge in [0.2, 0.25) is 0 Å². The number of rotatable bonds is 3. The zero-order valence-corrected chi connectivity index (χ0v) is 15.2. The number of pyridine rings is 1. The summed E-state index contributed by atoms with van der Waals surface area (Å²) in [6, 6.07) is 2.08. The molecule has 0 radical (unpaired) electrons. The number of carbonyl (C=O) groups excluding carboxylic acids is 1. The summed E-state index contributed by atoms with van der Waals surface area (Å²) in [5, 5.41) is 4.74. The first kappa shape index (κ1) is 17.2. The van der Waals surface area contributed by atoms with E-state index in [0.717, 1.165) is 31.7 Å². The molecule has 2 fully saturated rings. The Morgan fingerprint density at radius 2 is 1.96 bits per heavy atom. The van der Waals surface area contributed by atoms with E-state index in [-0.39, 0.29) is 5.91 Å². The van der Waals surface area contributed by atoms with E-state index in [1.165, 1.54) is 0 Å². The average Bonchev–Trinajstić information content (AvgIpc) is 3.23. The van der Waals surface area contributed by atoms with E-state index in [1.807, 2.05) is 4.68 Å². The third kappa shape index (κ3) is 3.52. The lowest BCUT2D eigenvalue weighted by molar-refractivity contribution is 0.0302. The Morgan fingerprint density at radius 3 is 2.62 bits per heavy atom. The minimum atomic E-state index is -0.0425. The molecule has 0 bridgehead atoms. The molecule has 2 saturated heterocycles. The van der Waals surface area contributed by atoms with E-state index in [2.05, 4.69) is 20.0 Å². The van der Waals surface area contributed by atoms with E-state index >= 15 is 0 Å². The Balaban J connectivity index is 1.42. The lowest BCUT2D eigenvalue weighted by Crippen LogP contribution is -2.40. The van der Waals surface area contributed by atoms with Crippen LogP contribution < -0.4 is 4.90 Å². The van der Waals surface area contributed by atoms with Gasteiger partial charge in [-0.05, 0) is 18.9 Å². The summed E-state index contributed by atoms with van der Waals surface area (Å²) in [7, 11) is 0. The maximum Gasteiger partial charge on any atom is 0.255 e. The van der Waals surface area contributed by atoms with Gasteiger partial charge in [-0.2, -0.15) is 5.10 Å². The minimum Gasteiger partial charge on any atom is -0.378 e. The van der Waals surface area contributed by atoms with Gasteiger partial charge in [-0.25, -0.2) is 14.6 Å². The molecule has 1 amide bonds. The number of hydrogen-bond acceptors (Lipinski definition) is 6. The quantitative estimate of drug-likeness (QED) is 0.810. The highest BCUT2D eigenvalue weighted by molar-refractivity contribution is 6.33. The fourth-order valence-electron chi connectivity index (χ4n) is 3.48. The molecule has 2 aromatic rings. The molecule has 4 heterocycles. The molecule has 0 atom stereocenters. The maximum absolute atomic E-state index is 12.6. The number of piperidine rings is 1. The Hall–Kier alpha value is -2.19. The predicted octanol–water partition coefficient (Wildman–Crippen LogP) is 1.64. The van der Waals surface area contributed by atoms with Gasteiger partial charge in [-0.3, -0.25) is 4.79 Å². The number of anilines is 1. The molecule has 8 nitrogen and oxygen atoms in total. The molecule has 0 N–H and O–H groups in total. The smallest absolute Gasteiger partial charge is 0.255 e. The average molecular weight is 377 g/mol. The van der Waals surface area contributed by atoms with Gasteiger partial charge in [0, 0.05) is 32.4 Å². The van der Waals surface area contributed by atoms with E-state index in [1.54, 1.807) is 29.8 Å². The van der Waals surface area contributed by atoms with Gasteiger partial charge >= 0.3 is 0 Å². The number of ether oxygens (including phenoxy) is 1. The van der Waals surface area contributed by atoms with E-state index < -0.39 is 0 Å². The second-order valence-electron chi connectivity index (χ2n) is 6.53. The number of aromatic nitrogens is 4. The summed E-state index contributed by atoms with van der Waals surface area (Å²) in [6.07, 6.45) is 6.86. The van der Waals surface area contributed by atoms with Crippen LogP contribution in [-0.2, 0) is 4.74 Å². The van der Waals surface area contributed by atoms with Crippen molar-refractivity contribution in [2.75, 3.05) is 44.3 Å². The number of amides is 1. The van der Waals surface area contributed by atoms with Crippen molar-refractivity contribution in [3.05, 3.63) is 35.5 Å². The van der Waals surface area contributed by atoms with Crippen molar-refractivity contribution >= 4 is 23.3 Å². The van der Waals surface area contributed by atoms with Crippen LogP contribution in [0.1, 0.15) is 29.2 Å². The van der Waals surface area contributed by atoms with E-state index in [0.29, 0.717) is 42.9 Å². The zero-order chi connectivity index (χ0) is 17.9. The summed E-state index contributed by atoms with van der Waals surface area (Å²) in [5.74, 6) is 0.696. The highest BCUT2D eigenvalue weighted by Gasteiger charge is 2.25. The molecule has 0 unspecified atom stereocenters. The third-order valence-corrected chi connectivity index (χ3v) is 5.22. The second-order valence-corrected chi connectivity index (χ2v) is 6.93. The molecular formula is C17H21ClN6O2. The first-order valence-electron chi connectivity index (χ1n) is 8.84. The van der Waals surface area contributed by atoms with Crippen LogP contribution in [0.4, 0.5) is 5.82 Å². The summed E-state index contributed by atoms with van der Waals surface area (Å²) in [5.41, 5.74) is 0.526. The van der Waals surface area contributed by atoms with Crippen molar-refractivity contribution in [1.29, 1.82) is 0 Å². The van der Waals surface area contributed by atoms with Gasteiger partial charge < -0.3 is 14.5 Å². The van der Waals surface area contributed by atoms with Crippen molar-refractivity contribution in [2.24, 2.45) is 0 Å². The van der Waals surface area contributed by atoms with E-state index in [9.17, 15) is 4.79 Å². The topological polar surface area (TPSA) is 76.4 Å². The third-order valence-electron chi connectivity index (χ3n) is 4.94. The maximum atomic E-state index is 12.6. The fourth-order valence-corrected chi connectivity index (χ4v) is 3.76. The zero-order valence-electron chi connectivity index (χ0n) is 14.4. The first-order chi connectivity index (χ1) is 12.7. The Kier molecular flexibility index (Phi) is 5.03. The molecule has 138 valence electrons. The molecule has 0 saturated carbocycles. The van der Waals surface area contributed by atoms with Gasteiger partial charge in [0.15, 0.2) is 0 Å². The summed E-state index contributed by atoms with van der Waals surface area (Å²) < 4.78 is 7.20. The van der Waals surface area contributed by atoms with Crippen LogP contribution >= 0.6 is 11.6 Å². The van der Waals surface area contributed by atoms with Crippen molar-refractivity contribution < 1.29 is 9.53 Å². The highest BCUT2D eigenvalue weighted by Crippen LogP contribution is 2.30. The Bertz CT molecular complexity index is 755. The van der Waals surface area contributed by atoms with Crippen LogP contribution in [0.25, 0.3) is 0 Å². The molecule has 2 aliphatic rings. The molecule has 0 aromatic carbocycles. The van der Waals surface area contributed by atoms with Crippen molar-refractivity contribution in [3.8, 4) is 0 Å².